The number of carboxylic acid groups (broad SMARTS) is 1. The summed E-state index contributed by atoms with van der Waals surface area (Å²) in [5, 5.41) is 18.8. The number of aliphatic carboxylic acids is 1. The van der Waals surface area contributed by atoms with E-state index in [1.807, 2.05) is 6.07 Å². The summed E-state index contributed by atoms with van der Waals surface area (Å²) in [6.07, 6.45) is 2.04. The molecule has 31 heavy (non-hydrogen) atoms. The maximum absolute atomic E-state index is 14.0. The summed E-state index contributed by atoms with van der Waals surface area (Å²) in [6, 6.07) is 17.0. The van der Waals surface area contributed by atoms with E-state index < -0.39 is 17.8 Å². The molecule has 1 atom stereocenters. The molecule has 2 N–H and O–H groups in total. The van der Waals surface area contributed by atoms with E-state index in [2.05, 4.69) is 0 Å². The van der Waals surface area contributed by atoms with Gasteiger partial charge in [-0.15, -0.1) is 0 Å². The molecule has 1 aliphatic rings. The number of carbonyl (C=O) groups is 2. The van der Waals surface area contributed by atoms with Gasteiger partial charge in [0.05, 0.1) is 12.0 Å². The van der Waals surface area contributed by atoms with Crippen molar-refractivity contribution >= 4 is 11.9 Å². The van der Waals surface area contributed by atoms with Gasteiger partial charge in [-0.05, 0) is 78.3 Å². The zero-order chi connectivity index (χ0) is 22.0. The third kappa shape index (κ3) is 4.91. The predicted octanol–water partition coefficient (Wildman–Crippen LogP) is 5.39. The number of benzene rings is 3. The minimum absolute atomic E-state index is 0.0379. The maximum Gasteiger partial charge on any atom is 0.343 e. The molecular weight excluding hydrogens is 399 g/mol. The molecule has 158 valence electrons. The van der Waals surface area contributed by atoms with Gasteiger partial charge in [0.2, 0.25) is 0 Å². The lowest BCUT2D eigenvalue weighted by atomic mass is 9.90. The molecule has 1 aliphatic carbocycles. The Morgan fingerprint density at radius 1 is 1.03 bits per heavy atom. The number of carboxylic acids is 1. The molecule has 3 aromatic carbocycles. The standard InChI is InChI=1S/C25H21FO5/c26-23-11-8-19(27)13-22(23)16-6-9-20(10-7-16)31-25(30)18-3-1-2-17(12-18)21(14-24(28)29)15-4-5-15/h1-3,6-13,15,21,27H,4-5,14H2,(H,28,29)/t21-/m0/s1. The van der Waals surface area contributed by atoms with E-state index in [9.17, 15) is 24.2 Å². The molecule has 0 spiro atoms. The van der Waals surface area contributed by atoms with Gasteiger partial charge >= 0.3 is 11.9 Å². The van der Waals surface area contributed by atoms with Crippen molar-refractivity contribution in [2.24, 2.45) is 5.92 Å². The van der Waals surface area contributed by atoms with Crippen molar-refractivity contribution in [1.82, 2.24) is 0 Å². The van der Waals surface area contributed by atoms with Crippen molar-refractivity contribution in [3.63, 3.8) is 0 Å². The Bertz CT molecular complexity index is 1120. The number of esters is 1. The summed E-state index contributed by atoms with van der Waals surface area (Å²) < 4.78 is 19.4. The number of hydrogen-bond donors (Lipinski definition) is 2. The van der Waals surface area contributed by atoms with Crippen LogP contribution in [0.15, 0.2) is 66.7 Å². The largest absolute Gasteiger partial charge is 0.508 e. The molecule has 4 rings (SSSR count). The van der Waals surface area contributed by atoms with Crippen molar-refractivity contribution in [3.05, 3.63) is 83.7 Å². The minimum atomic E-state index is -0.854. The van der Waals surface area contributed by atoms with Crippen LogP contribution in [0.4, 0.5) is 4.39 Å². The van der Waals surface area contributed by atoms with Gasteiger partial charge in [0.1, 0.15) is 17.3 Å². The van der Waals surface area contributed by atoms with Gasteiger partial charge in [-0.25, -0.2) is 9.18 Å². The fourth-order valence-electron chi connectivity index (χ4n) is 3.74. The van der Waals surface area contributed by atoms with Gasteiger partial charge in [0.15, 0.2) is 0 Å². The van der Waals surface area contributed by atoms with Crippen molar-refractivity contribution in [1.29, 1.82) is 0 Å². The molecule has 0 heterocycles. The van der Waals surface area contributed by atoms with Gasteiger partial charge in [-0.1, -0.05) is 24.3 Å². The quantitative estimate of drug-likeness (QED) is 0.396. The van der Waals surface area contributed by atoms with Crippen LogP contribution in [0.5, 0.6) is 11.5 Å². The van der Waals surface area contributed by atoms with Gasteiger partial charge in [-0.3, -0.25) is 4.79 Å². The van der Waals surface area contributed by atoms with Crippen LogP contribution in [0.25, 0.3) is 11.1 Å². The normalized spacial score (nSPS) is 14.1. The maximum atomic E-state index is 14.0. The summed E-state index contributed by atoms with van der Waals surface area (Å²) in [7, 11) is 0. The summed E-state index contributed by atoms with van der Waals surface area (Å²) in [5.41, 5.74) is 1.96. The number of phenols is 1. The number of aromatic hydroxyl groups is 1. The summed E-state index contributed by atoms with van der Waals surface area (Å²) in [5.74, 6) is -1.39. The molecule has 0 unspecified atom stereocenters. The first-order valence-electron chi connectivity index (χ1n) is 10.0. The summed E-state index contributed by atoms with van der Waals surface area (Å²) >= 11 is 0. The molecule has 6 heteroatoms. The monoisotopic (exact) mass is 420 g/mol. The van der Waals surface area contributed by atoms with E-state index in [-0.39, 0.29) is 23.7 Å². The molecule has 5 nitrogen and oxygen atoms in total. The molecule has 0 amide bonds. The van der Waals surface area contributed by atoms with Crippen LogP contribution in [0.2, 0.25) is 0 Å². The Morgan fingerprint density at radius 2 is 1.77 bits per heavy atom. The van der Waals surface area contributed by atoms with Crippen molar-refractivity contribution in [2.45, 2.75) is 25.2 Å². The van der Waals surface area contributed by atoms with Crippen LogP contribution in [-0.2, 0) is 4.79 Å². The minimum Gasteiger partial charge on any atom is -0.508 e. The van der Waals surface area contributed by atoms with E-state index in [4.69, 9.17) is 4.74 Å². The van der Waals surface area contributed by atoms with Crippen LogP contribution in [0.1, 0.15) is 41.1 Å². The number of rotatable bonds is 7. The number of phenolic OH excluding ortho intramolecular Hbond substituents is 1. The molecule has 0 radical (unpaired) electrons. The SMILES string of the molecule is O=C(O)C[C@H](c1cccc(C(=O)Oc2ccc(-c3cc(O)ccc3F)cc2)c1)C1CC1. The fraction of sp³-hybridized carbons (Fsp3) is 0.200. The molecule has 0 aromatic heterocycles. The molecule has 0 aliphatic heterocycles. The number of ether oxygens (including phenoxy) is 1. The summed E-state index contributed by atoms with van der Waals surface area (Å²) in [4.78, 5) is 23.8. The highest BCUT2D eigenvalue weighted by Gasteiger charge is 2.34. The third-order valence-corrected chi connectivity index (χ3v) is 5.46. The second-order valence-corrected chi connectivity index (χ2v) is 7.75. The fourth-order valence-corrected chi connectivity index (χ4v) is 3.74. The van der Waals surface area contributed by atoms with Gasteiger partial charge in [-0.2, -0.15) is 0 Å². The first-order valence-corrected chi connectivity index (χ1v) is 10.0. The van der Waals surface area contributed by atoms with E-state index in [1.165, 1.54) is 18.2 Å². The Labute approximate surface area is 178 Å². The first-order chi connectivity index (χ1) is 14.9. The lowest BCUT2D eigenvalue weighted by molar-refractivity contribution is -0.137. The number of halogens is 1. The molecule has 1 fully saturated rings. The second kappa shape index (κ2) is 8.60. The molecule has 0 bridgehead atoms. The van der Waals surface area contributed by atoms with Crippen molar-refractivity contribution in [2.75, 3.05) is 0 Å². The molecule has 0 saturated heterocycles. The lowest BCUT2D eigenvalue weighted by Crippen LogP contribution is -2.12. The van der Waals surface area contributed by atoms with Crippen LogP contribution in [0, 0.1) is 11.7 Å². The van der Waals surface area contributed by atoms with Crippen LogP contribution >= 0.6 is 0 Å². The Hall–Kier alpha value is -3.67. The summed E-state index contributed by atoms with van der Waals surface area (Å²) in [6.45, 7) is 0. The number of hydrogen-bond acceptors (Lipinski definition) is 4. The van der Waals surface area contributed by atoms with E-state index in [1.54, 1.807) is 42.5 Å². The van der Waals surface area contributed by atoms with Crippen molar-refractivity contribution in [3.8, 4) is 22.6 Å². The third-order valence-electron chi connectivity index (χ3n) is 5.46. The van der Waals surface area contributed by atoms with E-state index >= 15 is 0 Å². The van der Waals surface area contributed by atoms with Gasteiger partial charge < -0.3 is 14.9 Å². The van der Waals surface area contributed by atoms with Gasteiger partial charge in [0.25, 0.3) is 0 Å². The smallest absolute Gasteiger partial charge is 0.343 e. The highest BCUT2D eigenvalue weighted by Crippen LogP contribution is 2.44. The predicted molar refractivity (Wildman–Crippen MR) is 113 cm³/mol. The Balaban J connectivity index is 1.49. The molecule has 3 aromatic rings. The van der Waals surface area contributed by atoms with E-state index in [0.717, 1.165) is 18.4 Å². The molecular formula is C25H21FO5. The molecule has 1 saturated carbocycles. The highest BCUT2D eigenvalue weighted by molar-refractivity contribution is 5.91. The van der Waals surface area contributed by atoms with Crippen LogP contribution in [0.3, 0.4) is 0 Å². The first kappa shape index (κ1) is 20.6. The van der Waals surface area contributed by atoms with Crippen molar-refractivity contribution < 1.29 is 28.9 Å². The van der Waals surface area contributed by atoms with Crippen LogP contribution < -0.4 is 4.74 Å². The zero-order valence-electron chi connectivity index (χ0n) is 16.6. The Kier molecular flexibility index (Phi) is 5.71. The Morgan fingerprint density at radius 3 is 2.45 bits per heavy atom. The topological polar surface area (TPSA) is 83.8 Å². The average molecular weight is 420 g/mol. The van der Waals surface area contributed by atoms with Crippen LogP contribution in [-0.4, -0.2) is 22.2 Å². The van der Waals surface area contributed by atoms with Gasteiger partial charge in [0, 0.05) is 5.56 Å². The lowest BCUT2D eigenvalue weighted by Gasteiger charge is -2.15. The highest BCUT2D eigenvalue weighted by atomic mass is 19.1. The number of carbonyl (C=O) groups excluding carboxylic acids is 1. The zero-order valence-corrected chi connectivity index (χ0v) is 16.6. The average Bonchev–Trinajstić information content (AvgIpc) is 3.59. The second-order valence-electron chi connectivity index (χ2n) is 7.75. The van der Waals surface area contributed by atoms with E-state index in [0.29, 0.717) is 22.8 Å².